The number of aryl methyl sites for hydroxylation is 2. The highest BCUT2D eigenvalue weighted by Gasteiger charge is 2.14. The van der Waals surface area contributed by atoms with Gasteiger partial charge in [0.1, 0.15) is 0 Å². The SMILES string of the molecule is CNC(Cc1ccccc1C)c1ccc(C)cc1Cl. The molecule has 0 bridgehead atoms. The third-order valence-corrected chi connectivity index (χ3v) is 3.89. The van der Waals surface area contributed by atoms with Crippen molar-refractivity contribution in [2.45, 2.75) is 26.3 Å². The quantitative estimate of drug-likeness (QED) is 0.867. The van der Waals surface area contributed by atoms with Crippen molar-refractivity contribution < 1.29 is 0 Å². The second kappa shape index (κ2) is 6.23. The van der Waals surface area contributed by atoms with Crippen molar-refractivity contribution in [3.8, 4) is 0 Å². The summed E-state index contributed by atoms with van der Waals surface area (Å²) in [6.07, 6.45) is 0.950. The second-order valence-electron chi connectivity index (χ2n) is 5.00. The van der Waals surface area contributed by atoms with E-state index in [1.54, 1.807) is 0 Å². The van der Waals surface area contributed by atoms with Crippen LogP contribution >= 0.6 is 11.6 Å². The average molecular weight is 274 g/mol. The molecule has 0 aliphatic carbocycles. The Kier molecular flexibility index (Phi) is 4.62. The fourth-order valence-corrected chi connectivity index (χ4v) is 2.71. The molecular weight excluding hydrogens is 254 g/mol. The first-order chi connectivity index (χ1) is 9.11. The summed E-state index contributed by atoms with van der Waals surface area (Å²) in [6.45, 7) is 4.21. The molecule has 0 aliphatic heterocycles. The van der Waals surface area contributed by atoms with Gasteiger partial charge in [-0.05, 0) is 55.6 Å². The molecule has 0 aliphatic rings. The predicted molar refractivity (Wildman–Crippen MR) is 82.9 cm³/mol. The lowest BCUT2D eigenvalue weighted by molar-refractivity contribution is 0.590. The second-order valence-corrected chi connectivity index (χ2v) is 5.40. The molecule has 0 saturated heterocycles. The highest BCUT2D eigenvalue weighted by molar-refractivity contribution is 6.31. The van der Waals surface area contributed by atoms with Gasteiger partial charge in [-0.15, -0.1) is 0 Å². The minimum absolute atomic E-state index is 0.245. The van der Waals surface area contributed by atoms with Gasteiger partial charge in [0, 0.05) is 11.1 Å². The summed E-state index contributed by atoms with van der Waals surface area (Å²) < 4.78 is 0. The topological polar surface area (TPSA) is 12.0 Å². The number of rotatable bonds is 4. The third kappa shape index (κ3) is 3.37. The molecule has 19 heavy (non-hydrogen) atoms. The molecule has 0 heterocycles. The summed E-state index contributed by atoms with van der Waals surface area (Å²) in [5.41, 5.74) is 5.04. The van der Waals surface area contributed by atoms with Crippen LogP contribution in [0.25, 0.3) is 0 Å². The molecular formula is C17H20ClN. The van der Waals surface area contributed by atoms with Gasteiger partial charge in [-0.1, -0.05) is 48.0 Å². The maximum atomic E-state index is 6.37. The Morgan fingerprint density at radius 2 is 1.84 bits per heavy atom. The van der Waals surface area contributed by atoms with Gasteiger partial charge >= 0.3 is 0 Å². The number of hydrogen-bond donors (Lipinski definition) is 1. The molecule has 1 N–H and O–H groups in total. The lowest BCUT2D eigenvalue weighted by Gasteiger charge is -2.19. The van der Waals surface area contributed by atoms with Crippen molar-refractivity contribution in [2.24, 2.45) is 0 Å². The Balaban J connectivity index is 2.28. The van der Waals surface area contributed by atoms with Gasteiger partial charge in [0.15, 0.2) is 0 Å². The van der Waals surface area contributed by atoms with Crippen LogP contribution in [-0.4, -0.2) is 7.05 Å². The molecule has 0 radical (unpaired) electrons. The van der Waals surface area contributed by atoms with Gasteiger partial charge in [-0.3, -0.25) is 0 Å². The Morgan fingerprint density at radius 3 is 2.47 bits per heavy atom. The van der Waals surface area contributed by atoms with E-state index in [0.29, 0.717) is 0 Å². The van der Waals surface area contributed by atoms with Crippen LogP contribution in [0.1, 0.15) is 28.3 Å². The molecule has 0 spiro atoms. The number of benzene rings is 2. The Bertz CT molecular complexity index is 563. The molecule has 2 heteroatoms. The largest absolute Gasteiger partial charge is 0.313 e. The van der Waals surface area contributed by atoms with E-state index in [2.05, 4.69) is 55.6 Å². The minimum atomic E-state index is 0.245. The van der Waals surface area contributed by atoms with Gasteiger partial charge in [0.2, 0.25) is 0 Å². The van der Waals surface area contributed by atoms with Crippen LogP contribution in [0.5, 0.6) is 0 Å². The van der Waals surface area contributed by atoms with Crippen molar-refractivity contribution in [3.63, 3.8) is 0 Å². The highest BCUT2D eigenvalue weighted by atomic mass is 35.5. The summed E-state index contributed by atoms with van der Waals surface area (Å²) in [5, 5.41) is 4.21. The van der Waals surface area contributed by atoms with Gasteiger partial charge in [0.25, 0.3) is 0 Å². The zero-order valence-corrected chi connectivity index (χ0v) is 12.5. The Morgan fingerprint density at radius 1 is 1.11 bits per heavy atom. The van der Waals surface area contributed by atoms with Gasteiger partial charge in [-0.25, -0.2) is 0 Å². The fourth-order valence-electron chi connectivity index (χ4n) is 2.34. The zero-order chi connectivity index (χ0) is 13.8. The number of halogens is 1. The van der Waals surface area contributed by atoms with Crippen LogP contribution in [-0.2, 0) is 6.42 Å². The van der Waals surface area contributed by atoms with Crippen LogP contribution in [0, 0.1) is 13.8 Å². The molecule has 0 fully saturated rings. The smallest absolute Gasteiger partial charge is 0.0456 e. The van der Waals surface area contributed by atoms with E-state index in [4.69, 9.17) is 11.6 Å². The summed E-state index contributed by atoms with van der Waals surface area (Å²) in [6, 6.07) is 15.0. The molecule has 1 atom stereocenters. The molecule has 0 amide bonds. The monoisotopic (exact) mass is 273 g/mol. The zero-order valence-electron chi connectivity index (χ0n) is 11.7. The third-order valence-electron chi connectivity index (χ3n) is 3.57. The normalized spacial score (nSPS) is 12.4. The van der Waals surface area contributed by atoms with Crippen molar-refractivity contribution in [1.29, 1.82) is 0 Å². The maximum absolute atomic E-state index is 6.37. The molecule has 100 valence electrons. The molecule has 1 unspecified atom stereocenters. The van der Waals surface area contributed by atoms with E-state index in [9.17, 15) is 0 Å². The highest BCUT2D eigenvalue weighted by Crippen LogP contribution is 2.27. The lowest BCUT2D eigenvalue weighted by atomic mass is 9.95. The van der Waals surface area contributed by atoms with Crippen LogP contribution in [0.2, 0.25) is 5.02 Å². The summed E-state index contributed by atoms with van der Waals surface area (Å²) >= 11 is 6.37. The van der Waals surface area contributed by atoms with E-state index in [1.165, 1.54) is 16.7 Å². The number of likely N-dealkylation sites (N-methyl/N-ethyl adjacent to an activating group) is 1. The Labute approximate surface area is 120 Å². The van der Waals surface area contributed by atoms with Gasteiger partial charge in [-0.2, -0.15) is 0 Å². The summed E-state index contributed by atoms with van der Waals surface area (Å²) in [5.74, 6) is 0. The van der Waals surface area contributed by atoms with E-state index >= 15 is 0 Å². The average Bonchev–Trinajstić information content (AvgIpc) is 2.39. The van der Waals surface area contributed by atoms with Crippen LogP contribution in [0.15, 0.2) is 42.5 Å². The van der Waals surface area contributed by atoms with Gasteiger partial charge in [0.05, 0.1) is 0 Å². The van der Waals surface area contributed by atoms with Crippen LogP contribution in [0.3, 0.4) is 0 Å². The van der Waals surface area contributed by atoms with E-state index in [0.717, 1.165) is 17.0 Å². The van der Waals surface area contributed by atoms with E-state index < -0.39 is 0 Å². The molecule has 0 saturated carbocycles. The van der Waals surface area contributed by atoms with Crippen LogP contribution < -0.4 is 5.32 Å². The van der Waals surface area contributed by atoms with Crippen molar-refractivity contribution in [1.82, 2.24) is 5.32 Å². The fraction of sp³-hybridized carbons (Fsp3) is 0.294. The van der Waals surface area contributed by atoms with E-state index in [-0.39, 0.29) is 6.04 Å². The first-order valence-corrected chi connectivity index (χ1v) is 6.97. The molecule has 2 rings (SSSR count). The van der Waals surface area contributed by atoms with E-state index in [1.807, 2.05) is 13.1 Å². The first kappa shape index (κ1) is 14.1. The van der Waals surface area contributed by atoms with Crippen molar-refractivity contribution in [3.05, 3.63) is 69.7 Å². The first-order valence-electron chi connectivity index (χ1n) is 6.59. The molecule has 0 aromatic heterocycles. The molecule has 1 nitrogen and oxygen atoms in total. The lowest BCUT2D eigenvalue weighted by Crippen LogP contribution is -2.19. The van der Waals surface area contributed by atoms with Gasteiger partial charge < -0.3 is 5.32 Å². The number of nitrogens with one attached hydrogen (secondary N) is 1. The molecule has 2 aromatic rings. The molecule has 2 aromatic carbocycles. The summed E-state index contributed by atoms with van der Waals surface area (Å²) in [7, 11) is 1.99. The number of hydrogen-bond acceptors (Lipinski definition) is 1. The van der Waals surface area contributed by atoms with Crippen molar-refractivity contribution in [2.75, 3.05) is 7.05 Å². The standard InChI is InChI=1S/C17H20ClN/c1-12-8-9-15(16(18)10-12)17(19-3)11-14-7-5-4-6-13(14)2/h4-10,17,19H,11H2,1-3H3. The van der Waals surface area contributed by atoms with Crippen molar-refractivity contribution >= 4 is 11.6 Å². The summed E-state index contributed by atoms with van der Waals surface area (Å²) in [4.78, 5) is 0. The van der Waals surface area contributed by atoms with Crippen LogP contribution in [0.4, 0.5) is 0 Å². The maximum Gasteiger partial charge on any atom is 0.0456 e. The minimum Gasteiger partial charge on any atom is -0.313 e. The predicted octanol–water partition coefficient (Wildman–Crippen LogP) is 4.46. The Hall–Kier alpha value is -1.31.